The van der Waals surface area contributed by atoms with Crippen LogP contribution in [-0.2, 0) is 26.5 Å². The van der Waals surface area contributed by atoms with Crippen molar-refractivity contribution < 1.29 is 31.4 Å². The van der Waals surface area contributed by atoms with Gasteiger partial charge in [-0.05, 0) is 53.3 Å². The van der Waals surface area contributed by atoms with Gasteiger partial charge in [0.25, 0.3) is 0 Å². The van der Waals surface area contributed by atoms with Crippen LogP contribution < -0.4 is 0 Å². The molecule has 7 aromatic carbocycles. The molecular formula is C52H37IrN3O-2. The Kier molecular flexibility index (Phi) is 9.41. The van der Waals surface area contributed by atoms with Gasteiger partial charge in [-0.3, -0.25) is 4.98 Å². The first-order valence-electron chi connectivity index (χ1n) is 20.8. The number of aromatic nitrogens is 3. The van der Waals surface area contributed by atoms with E-state index in [1.54, 1.807) is 36.4 Å². The number of benzene rings is 7. The maximum Gasteiger partial charge on any atom is 0.0774 e. The molecule has 0 N–H and O–H groups in total. The summed E-state index contributed by atoms with van der Waals surface area (Å²) in [5, 5.41) is 0.817. The zero-order valence-electron chi connectivity index (χ0n) is 35.6. The molecule has 0 aliphatic rings. The SMILES string of the molecule is [2H]C([2H])([2H])c1ccc(-c2[c-]cccc2)nc1.[2H]C([2H])(c1ccccc1)c1ccc2c(-c3nc4ccccc4n3-c3c(-c4ccccc4)cccc3-c3ccccc3)[c-]oc2c1.[Ir]. The molecule has 0 aliphatic heterocycles. The third-order valence-electron chi connectivity index (χ3n) is 9.54. The number of hydrogen-bond donors (Lipinski definition) is 0. The summed E-state index contributed by atoms with van der Waals surface area (Å²) in [4.78, 5) is 9.29. The largest absolute Gasteiger partial charge is 0.557 e. The van der Waals surface area contributed by atoms with Crippen molar-refractivity contribution >= 4 is 22.0 Å². The first kappa shape index (κ1) is 31.5. The van der Waals surface area contributed by atoms with Crippen LogP contribution in [0, 0.1) is 19.2 Å². The van der Waals surface area contributed by atoms with Gasteiger partial charge in [-0.2, -0.15) is 0 Å². The van der Waals surface area contributed by atoms with E-state index in [9.17, 15) is 0 Å². The molecule has 5 heteroatoms. The number of fused-ring (bicyclic) bond motifs is 2. The third kappa shape index (κ3) is 7.90. The molecule has 10 aromatic rings. The standard InChI is InChI=1S/C40H27N2O.C12H10N.Ir/c1-4-13-28(14-5-1)25-29-23-24-34-35(27-43-38(34)26-29)40-41-36-21-10-11-22-37(36)42(40)39-32(30-15-6-2-7-16-30)19-12-20-33(39)31-17-8-3-9-18-31;1-10-7-8-12(13-9-10)11-5-3-2-4-6-11;/h1-24,26H,25H2;2-5,7-9H,1H3;/q2*-1;/i25D2;1D3;. The summed E-state index contributed by atoms with van der Waals surface area (Å²) < 4.78 is 47.7. The molecule has 0 atom stereocenters. The van der Waals surface area contributed by atoms with Crippen molar-refractivity contribution in [1.29, 1.82) is 0 Å². The van der Waals surface area contributed by atoms with Crippen molar-refractivity contribution in [3.63, 3.8) is 0 Å². The van der Waals surface area contributed by atoms with Crippen molar-refractivity contribution in [2.45, 2.75) is 13.2 Å². The van der Waals surface area contributed by atoms with Gasteiger partial charge in [0.15, 0.2) is 0 Å². The monoisotopic (exact) mass is 917 g/mol. The van der Waals surface area contributed by atoms with E-state index in [4.69, 9.17) is 16.3 Å². The second-order valence-electron chi connectivity index (χ2n) is 13.2. The number of imidazole rings is 1. The normalized spacial score (nSPS) is 12.6. The maximum atomic E-state index is 8.88. The number of rotatable bonds is 7. The summed E-state index contributed by atoms with van der Waals surface area (Å²) >= 11 is 0. The van der Waals surface area contributed by atoms with E-state index >= 15 is 0 Å². The Balaban J connectivity index is 0.000000263. The van der Waals surface area contributed by atoms with Crippen molar-refractivity contribution in [2.75, 3.05) is 0 Å². The minimum Gasteiger partial charge on any atom is -0.557 e. The molecule has 0 fully saturated rings. The Labute approximate surface area is 353 Å². The molecule has 3 heterocycles. The Morgan fingerprint density at radius 1 is 0.667 bits per heavy atom. The molecule has 0 bridgehead atoms. The van der Waals surface area contributed by atoms with E-state index < -0.39 is 13.2 Å². The van der Waals surface area contributed by atoms with Gasteiger partial charge >= 0.3 is 0 Å². The van der Waals surface area contributed by atoms with Crippen molar-refractivity contribution in [1.82, 2.24) is 14.5 Å². The fourth-order valence-corrected chi connectivity index (χ4v) is 6.92. The van der Waals surface area contributed by atoms with Crippen LogP contribution >= 0.6 is 0 Å². The molecule has 0 aliphatic carbocycles. The number of hydrogen-bond acceptors (Lipinski definition) is 3. The Morgan fingerprint density at radius 3 is 2.02 bits per heavy atom. The summed E-state index contributed by atoms with van der Waals surface area (Å²) in [6.07, 6.45) is 2.86. The molecule has 3 aromatic heterocycles. The molecule has 0 spiro atoms. The van der Waals surface area contributed by atoms with E-state index in [1.807, 2.05) is 78.9 Å². The number of furan rings is 1. The van der Waals surface area contributed by atoms with Gasteiger partial charge in [0.2, 0.25) is 0 Å². The number of aryl methyl sites for hydroxylation is 1. The zero-order chi connectivity index (χ0) is 42.0. The summed E-state index contributed by atoms with van der Waals surface area (Å²) in [5.74, 6) is 0.703. The topological polar surface area (TPSA) is 43.9 Å². The van der Waals surface area contributed by atoms with Gasteiger partial charge in [0.1, 0.15) is 0 Å². The molecule has 1 radical (unpaired) electrons. The van der Waals surface area contributed by atoms with Crippen LogP contribution in [0.15, 0.2) is 199 Å². The van der Waals surface area contributed by atoms with Gasteiger partial charge in [-0.1, -0.05) is 162 Å². The molecule has 57 heavy (non-hydrogen) atoms. The van der Waals surface area contributed by atoms with E-state index in [-0.39, 0.29) is 25.7 Å². The van der Waals surface area contributed by atoms with Gasteiger partial charge in [0.05, 0.1) is 22.5 Å². The predicted octanol–water partition coefficient (Wildman–Crippen LogP) is 13.0. The zero-order valence-corrected chi connectivity index (χ0v) is 33.0. The second kappa shape index (κ2) is 17.0. The van der Waals surface area contributed by atoms with Crippen LogP contribution in [0.2, 0.25) is 0 Å². The fourth-order valence-electron chi connectivity index (χ4n) is 6.92. The first-order chi connectivity index (χ1) is 29.7. The maximum absolute atomic E-state index is 8.88. The summed E-state index contributed by atoms with van der Waals surface area (Å²) in [6, 6.07) is 63.9. The molecule has 0 saturated carbocycles. The first-order valence-corrected chi connectivity index (χ1v) is 18.3. The Morgan fingerprint density at radius 2 is 1.35 bits per heavy atom. The predicted molar refractivity (Wildman–Crippen MR) is 228 cm³/mol. The fraction of sp³-hybridized carbons (Fsp3) is 0.0385. The van der Waals surface area contributed by atoms with Gasteiger partial charge in [-0.15, -0.1) is 42.0 Å². The van der Waals surface area contributed by atoms with Crippen molar-refractivity contribution in [3.05, 3.63) is 223 Å². The Bertz CT molecular complexity index is 3020. The van der Waals surface area contributed by atoms with Crippen LogP contribution in [0.5, 0.6) is 0 Å². The smallest absolute Gasteiger partial charge is 0.0774 e. The molecule has 10 rings (SSSR count). The average molecular weight is 917 g/mol. The van der Waals surface area contributed by atoms with E-state index in [1.165, 1.54) is 6.20 Å². The van der Waals surface area contributed by atoms with Crippen molar-refractivity contribution in [2.24, 2.45) is 0 Å². The van der Waals surface area contributed by atoms with Crippen LogP contribution in [0.3, 0.4) is 0 Å². The minimum atomic E-state index is -2.09. The Hall–Kier alpha value is -6.65. The molecule has 0 saturated heterocycles. The van der Waals surface area contributed by atoms with Crippen LogP contribution in [0.1, 0.15) is 23.5 Å². The molecular weight excluding hydrogens is 875 g/mol. The van der Waals surface area contributed by atoms with Crippen LogP contribution in [-0.4, -0.2) is 14.5 Å². The molecule has 0 unspecified atom stereocenters. The summed E-state index contributed by atoms with van der Waals surface area (Å²) in [6.45, 7) is -2.09. The number of para-hydroxylation sites is 3. The van der Waals surface area contributed by atoms with E-state index in [0.29, 0.717) is 22.5 Å². The number of pyridine rings is 1. The van der Waals surface area contributed by atoms with Gasteiger partial charge in [-0.25, -0.2) is 0 Å². The van der Waals surface area contributed by atoms with E-state index in [0.717, 1.165) is 61.2 Å². The van der Waals surface area contributed by atoms with Crippen LogP contribution in [0.25, 0.3) is 72.6 Å². The second-order valence-corrected chi connectivity index (χ2v) is 13.2. The molecule has 277 valence electrons. The summed E-state index contributed by atoms with van der Waals surface area (Å²) in [5.41, 5.74) is 11.4. The summed E-state index contributed by atoms with van der Waals surface area (Å²) in [7, 11) is 0. The van der Waals surface area contributed by atoms with Crippen molar-refractivity contribution in [3.8, 4) is 50.6 Å². The third-order valence-corrected chi connectivity index (χ3v) is 9.54. The quantitative estimate of drug-likeness (QED) is 0.150. The molecule has 0 amide bonds. The minimum absolute atomic E-state index is 0. The van der Waals surface area contributed by atoms with Gasteiger partial charge < -0.3 is 14.0 Å². The van der Waals surface area contributed by atoms with Crippen LogP contribution in [0.4, 0.5) is 0 Å². The van der Waals surface area contributed by atoms with Gasteiger partial charge in [0, 0.05) is 56.1 Å². The molecule has 4 nitrogen and oxygen atoms in total. The number of nitrogens with zero attached hydrogens (tertiary/aromatic N) is 3. The van der Waals surface area contributed by atoms with E-state index in [2.05, 4.69) is 94.7 Å². The average Bonchev–Trinajstić information content (AvgIpc) is 3.91.